The Morgan fingerprint density at radius 2 is 1.85 bits per heavy atom. The van der Waals surface area contributed by atoms with Gasteiger partial charge in [-0.3, -0.25) is 4.79 Å². The first kappa shape index (κ1) is 24.6. The van der Waals surface area contributed by atoms with Crippen molar-refractivity contribution in [3.05, 3.63) is 59.7 Å². The Bertz CT molecular complexity index is 968. The minimum atomic E-state index is -0.843. The maximum atomic E-state index is 13.0. The van der Waals surface area contributed by atoms with Crippen LogP contribution in [0.3, 0.4) is 0 Å². The van der Waals surface area contributed by atoms with E-state index >= 15 is 0 Å². The third-order valence-corrected chi connectivity index (χ3v) is 5.37. The topological polar surface area (TPSA) is 85.3 Å². The zero-order chi connectivity index (χ0) is 24.2. The van der Waals surface area contributed by atoms with Crippen molar-refractivity contribution in [1.82, 2.24) is 4.90 Å². The Morgan fingerprint density at radius 3 is 2.48 bits per heavy atom. The Hall–Kier alpha value is -3.06. The molecule has 0 fully saturated rings. The minimum absolute atomic E-state index is 0.0803. The van der Waals surface area contributed by atoms with Gasteiger partial charge in [0.25, 0.3) is 0 Å². The molecule has 1 heterocycles. The molecular formula is C26H33NO6. The normalized spacial score (nSPS) is 17.1. The van der Waals surface area contributed by atoms with E-state index in [1.807, 2.05) is 70.2 Å². The lowest BCUT2D eigenvalue weighted by molar-refractivity contribution is -0.125. The van der Waals surface area contributed by atoms with Gasteiger partial charge in [-0.05, 0) is 64.3 Å². The van der Waals surface area contributed by atoms with E-state index in [4.69, 9.17) is 14.2 Å². The summed E-state index contributed by atoms with van der Waals surface area (Å²) in [5.41, 5.74) is 1.02. The van der Waals surface area contributed by atoms with Gasteiger partial charge in [-0.1, -0.05) is 36.4 Å². The third-order valence-electron chi connectivity index (χ3n) is 5.37. The molecule has 3 atom stereocenters. The van der Waals surface area contributed by atoms with Gasteiger partial charge in [-0.2, -0.15) is 0 Å². The number of carbonyl (C=O) groups is 2. The van der Waals surface area contributed by atoms with Gasteiger partial charge in [0.05, 0.1) is 12.6 Å². The van der Waals surface area contributed by atoms with Crippen molar-refractivity contribution in [2.45, 2.75) is 64.9 Å². The smallest absolute Gasteiger partial charge is 0.410 e. The van der Waals surface area contributed by atoms with Crippen LogP contribution >= 0.6 is 0 Å². The van der Waals surface area contributed by atoms with Crippen LogP contribution < -0.4 is 9.47 Å². The second kappa shape index (κ2) is 10.3. The highest BCUT2D eigenvalue weighted by atomic mass is 16.6. The molecule has 0 radical (unpaired) electrons. The van der Waals surface area contributed by atoms with Gasteiger partial charge in [0.1, 0.15) is 12.2 Å². The second-order valence-electron chi connectivity index (χ2n) is 9.42. The van der Waals surface area contributed by atoms with Crippen LogP contribution in [-0.2, 0) is 16.0 Å². The number of benzene rings is 2. The van der Waals surface area contributed by atoms with Crippen LogP contribution in [0.1, 0.15) is 51.8 Å². The fourth-order valence-corrected chi connectivity index (χ4v) is 3.62. The van der Waals surface area contributed by atoms with E-state index in [2.05, 4.69) is 0 Å². The number of hydrogen-bond donors (Lipinski definition) is 1. The van der Waals surface area contributed by atoms with Crippen molar-refractivity contribution in [3.8, 4) is 11.5 Å². The number of ether oxygens (including phenoxy) is 3. The molecular weight excluding hydrogens is 422 g/mol. The number of Topliss-reactive ketones (excluding diaryl/α,β-unsaturated/α-hetero) is 1. The summed E-state index contributed by atoms with van der Waals surface area (Å²) >= 11 is 0. The van der Waals surface area contributed by atoms with E-state index in [1.165, 1.54) is 6.92 Å². The number of ketones is 1. The standard InChI is InChI=1S/C26H33NO6/c1-17(13-19-11-12-22-23(14-19)31-16-24(32-22)18(2)28)27(25(30)33-26(3,4)5)15-21(29)20-9-7-6-8-10-20/h6-12,14,17,21,24,29H,13,15-16H2,1-5H3/t17?,21-,24-/m1/s1. The number of nitrogens with zero attached hydrogens (tertiary/aromatic N) is 1. The summed E-state index contributed by atoms with van der Waals surface area (Å²) in [7, 11) is 0. The van der Waals surface area contributed by atoms with Gasteiger partial charge in [-0.25, -0.2) is 4.79 Å². The third kappa shape index (κ3) is 6.71. The summed E-state index contributed by atoms with van der Waals surface area (Å²) in [5.74, 6) is 1.02. The Kier molecular flexibility index (Phi) is 7.64. The van der Waals surface area contributed by atoms with Crippen molar-refractivity contribution in [1.29, 1.82) is 0 Å². The van der Waals surface area contributed by atoms with Gasteiger partial charge in [0.2, 0.25) is 0 Å². The fourth-order valence-electron chi connectivity index (χ4n) is 3.62. The number of rotatable bonds is 7. The number of hydrogen-bond acceptors (Lipinski definition) is 6. The van der Waals surface area contributed by atoms with Gasteiger partial charge in [-0.15, -0.1) is 0 Å². The first-order valence-corrected chi connectivity index (χ1v) is 11.2. The lowest BCUT2D eigenvalue weighted by Gasteiger charge is -2.33. The Labute approximate surface area is 195 Å². The minimum Gasteiger partial charge on any atom is -0.485 e. The Balaban J connectivity index is 1.76. The number of fused-ring (bicyclic) bond motifs is 1. The first-order valence-electron chi connectivity index (χ1n) is 11.2. The molecule has 1 aliphatic rings. The van der Waals surface area contributed by atoms with Crippen molar-refractivity contribution in [2.24, 2.45) is 0 Å². The lowest BCUT2D eigenvalue weighted by Crippen LogP contribution is -2.45. The van der Waals surface area contributed by atoms with E-state index in [-0.39, 0.29) is 25.0 Å². The maximum absolute atomic E-state index is 13.0. The van der Waals surface area contributed by atoms with Crippen LogP contribution in [0.5, 0.6) is 11.5 Å². The average Bonchev–Trinajstić information content (AvgIpc) is 2.76. The highest BCUT2D eigenvalue weighted by Gasteiger charge is 2.29. The average molecular weight is 456 g/mol. The highest BCUT2D eigenvalue weighted by Crippen LogP contribution is 2.33. The molecule has 0 saturated carbocycles. The summed E-state index contributed by atoms with van der Waals surface area (Å²) in [6.45, 7) is 9.12. The van der Waals surface area contributed by atoms with Crippen molar-refractivity contribution in [3.63, 3.8) is 0 Å². The number of amides is 1. The molecule has 7 heteroatoms. The SMILES string of the molecule is CC(=O)[C@H]1COc2cc(CC(C)N(C[C@@H](O)c3ccccc3)C(=O)OC(C)(C)C)ccc2O1. The first-order chi connectivity index (χ1) is 15.5. The molecule has 3 rings (SSSR count). The van der Waals surface area contributed by atoms with Gasteiger partial charge >= 0.3 is 6.09 Å². The Morgan fingerprint density at radius 1 is 1.15 bits per heavy atom. The van der Waals surface area contributed by atoms with Crippen LogP contribution in [0.4, 0.5) is 4.79 Å². The fraction of sp³-hybridized carbons (Fsp3) is 0.462. The highest BCUT2D eigenvalue weighted by molar-refractivity contribution is 5.81. The number of aliphatic hydroxyl groups is 1. The molecule has 0 bridgehead atoms. The molecule has 0 spiro atoms. The molecule has 7 nitrogen and oxygen atoms in total. The molecule has 0 aromatic heterocycles. The van der Waals surface area contributed by atoms with E-state index < -0.39 is 23.9 Å². The molecule has 2 aromatic carbocycles. The zero-order valence-corrected chi connectivity index (χ0v) is 19.9. The monoisotopic (exact) mass is 455 g/mol. The summed E-state index contributed by atoms with van der Waals surface area (Å²) in [6.07, 6.45) is -1.39. The van der Waals surface area contributed by atoms with Gasteiger partial charge in [0, 0.05) is 6.04 Å². The molecule has 0 aliphatic carbocycles. The van der Waals surface area contributed by atoms with Crippen LogP contribution in [0.15, 0.2) is 48.5 Å². The van der Waals surface area contributed by atoms with Gasteiger partial charge in [0.15, 0.2) is 23.4 Å². The van der Waals surface area contributed by atoms with Crippen molar-refractivity contribution < 1.29 is 28.9 Å². The molecule has 1 unspecified atom stereocenters. The van der Waals surface area contributed by atoms with Crippen LogP contribution in [0, 0.1) is 0 Å². The van der Waals surface area contributed by atoms with E-state index in [0.717, 1.165) is 11.1 Å². The number of carbonyl (C=O) groups excluding carboxylic acids is 2. The van der Waals surface area contributed by atoms with Crippen molar-refractivity contribution in [2.75, 3.05) is 13.2 Å². The summed E-state index contributed by atoms with van der Waals surface area (Å²) in [4.78, 5) is 26.1. The van der Waals surface area contributed by atoms with Crippen LogP contribution in [0.2, 0.25) is 0 Å². The molecule has 0 saturated heterocycles. The van der Waals surface area contributed by atoms with Crippen LogP contribution in [-0.4, -0.2) is 52.8 Å². The zero-order valence-electron chi connectivity index (χ0n) is 19.9. The number of aliphatic hydroxyl groups excluding tert-OH is 1. The van der Waals surface area contributed by atoms with E-state index in [1.54, 1.807) is 11.0 Å². The molecule has 1 amide bonds. The van der Waals surface area contributed by atoms with Gasteiger partial charge < -0.3 is 24.2 Å². The summed E-state index contributed by atoms with van der Waals surface area (Å²) < 4.78 is 17.0. The summed E-state index contributed by atoms with van der Waals surface area (Å²) in [5, 5.41) is 10.8. The molecule has 1 aliphatic heterocycles. The largest absolute Gasteiger partial charge is 0.485 e. The predicted molar refractivity (Wildman–Crippen MR) is 125 cm³/mol. The van der Waals surface area contributed by atoms with E-state index in [0.29, 0.717) is 17.9 Å². The molecule has 178 valence electrons. The molecule has 2 aromatic rings. The maximum Gasteiger partial charge on any atom is 0.410 e. The van der Waals surface area contributed by atoms with E-state index in [9.17, 15) is 14.7 Å². The summed E-state index contributed by atoms with van der Waals surface area (Å²) in [6, 6.07) is 14.5. The quantitative estimate of drug-likeness (QED) is 0.669. The van der Waals surface area contributed by atoms with Crippen LogP contribution in [0.25, 0.3) is 0 Å². The molecule has 1 N–H and O–H groups in total. The second-order valence-corrected chi connectivity index (χ2v) is 9.42. The predicted octanol–water partition coefficient (Wildman–Crippen LogP) is 4.32. The van der Waals surface area contributed by atoms with Crippen molar-refractivity contribution >= 4 is 11.9 Å². The lowest BCUT2D eigenvalue weighted by atomic mass is 10.0. The molecule has 33 heavy (non-hydrogen) atoms.